The molecule has 2 aromatic carbocycles. The van der Waals surface area contributed by atoms with Gasteiger partial charge in [-0.25, -0.2) is 0 Å². The molecular formula is C20H15Cl3N2O5. The van der Waals surface area contributed by atoms with E-state index in [1.54, 1.807) is 11.0 Å². The van der Waals surface area contributed by atoms with Gasteiger partial charge in [0.15, 0.2) is 5.78 Å². The van der Waals surface area contributed by atoms with E-state index in [1.807, 2.05) is 0 Å². The molecular weight excluding hydrogens is 455 g/mol. The van der Waals surface area contributed by atoms with Gasteiger partial charge in [0, 0.05) is 42.6 Å². The van der Waals surface area contributed by atoms with E-state index < -0.39 is 10.5 Å². The van der Waals surface area contributed by atoms with Crippen molar-refractivity contribution in [1.82, 2.24) is 4.90 Å². The monoisotopic (exact) mass is 468 g/mol. The highest BCUT2D eigenvalue weighted by Gasteiger charge is 2.44. The molecule has 2 aliphatic heterocycles. The van der Waals surface area contributed by atoms with Crippen molar-refractivity contribution in [1.29, 1.82) is 0 Å². The number of nitro groups is 1. The van der Waals surface area contributed by atoms with Gasteiger partial charge in [0.25, 0.3) is 11.6 Å². The molecule has 0 aromatic heterocycles. The van der Waals surface area contributed by atoms with E-state index in [9.17, 15) is 19.7 Å². The van der Waals surface area contributed by atoms with Crippen molar-refractivity contribution in [3.8, 4) is 5.75 Å². The Morgan fingerprint density at radius 3 is 2.47 bits per heavy atom. The number of nitrogens with zero attached hydrogens (tertiary/aromatic N) is 2. The molecule has 0 N–H and O–H groups in total. The second kappa shape index (κ2) is 7.72. The summed E-state index contributed by atoms with van der Waals surface area (Å²) in [6.07, 6.45) is 1.03. The molecule has 0 saturated carbocycles. The maximum Gasteiger partial charge on any atom is 0.288 e. The number of halogens is 3. The van der Waals surface area contributed by atoms with Crippen LogP contribution in [-0.4, -0.2) is 40.2 Å². The minimum absolute atomic E-state index is 0.0288. The van der Waals surface area contributed by atoms with Gasteiger partial charge in [0.1, 0.15) is 16.4 Å². The van der Waals surface area contributed by atoms with Gasteiger partial charge in [0.05, 0.1) is 21.9 Å². The summed E-state index contributed by atoms with van der Waals surface area (Å²) in [7, 11) is 0. The predicted molar refractivity (Wildman–Crippen MR) is 112 cm³/mol. The van der Waals surface area contributed by atoms with Crippen LogP contribution >= 0.6 is 34.8 Å². The van der Waals surface area contributed by atoms with Crippen molar-refractivity contribution in [2.45, 2.75) is 24.9 Å². The number of piperidine rings is 1. The standard InChI is InChI=1S/C20H15Cl3N2O5/c21-12-8-13-17(26)10-20(30-18(13)15(23)9-12)3-5-24(6-4-20)19(27)11-1-2-14(22)16(7-11)25(28)29/h1-2,7-9H,3-6,10H2. The molecule has 0 unspecified atom stereocenters. The summed E-state index contributed by atoms with van der Waals surface area (Å²) in [4.78, 5) is 37.6. The quantitative estimate of drug-likeness (QED) is 0.446. The van der Waals surface area contributed by atoms with Gasteiger partial charge >= 0.3 is 0 Å². The van der Waals surface area contributed by atoms with E-state index in [1.165, 1.54) is 24.3 Å². The van der Waals surface area contributed by atoms with Crippen molar-refractivity contribution >= 4 is 52.2 Å². The smallest absolute Gasteiger partial charge is 0.288 e. The second-order valence-corrected chi connectivity index (χ2v) is 8.62. The Morgan fingerprint density at radius 1 is 1.10 bits per heavy atom. The molecule has 7 nitrogen and oxygen atoms in total. The number of carbonyl (C=O) groups is 2. The number of rotatable bonds is 2. The molecule has 0 atom stereocenters. The highest BCUT2D eigenvalue weighted by atomic mass is 35.5. The number of ether oxygens (including phenoxy) is 1. The predicted octanol–water partition coefficient (Wildman–Crippen LogP) is 5.20. The van der Waals surface area contributed by atoms with Crippen LogP contribution in [0.1, 0.15) is 40.0 Å². The lowest BCUT2D eigenvalue weighted by Crippen LogP contribution is -2.52. The maximum absolute atomic E-state index is 12.8. The molecule has 4 rings (SSSR count). The number of ketones is 1. The first-order valence-electron chi connectivity index (χ1n) is 9.14. The molecule has 1 spiro atoms. The highest BCUT2D eigenvalue weighted by molar-refractivity contribution is 6.36. The Balaban J connectivity index is 1.51. The van der Waals surface area contributed by atoms with E-state index in [-0.39, 0.29) is 39.4 Å². The van der Waals surface area contributed by atoms with Crippen LogP contribution in [0.3, 0.4) is 0 Å². The average molecular weight is 470 g/mol. The zero-order chi connectivity index (χ0) is 21.6. The van der Waals surface area contributed by atoms with Crippen molar-refractivity contribution in [2.75, 3.05) is 13.1 Å². The van der Waals surface area contributed by atoms with Crippen molar-refractivity contribution < 1.29 is 19.2 Å². The van der Waals surface area contributed by atoms with Crippen LogP contribution in [0.5, 0.6) is 5.75 Å². The topological polar surface area (TPSA) is 89.8 Å². The van der Waals surface area contributed by atoms with Crippen molar-refractivity contribution in [2.24, 2.45) is 0 Å². The molecule has 2 aromatic rings. The summed E-state index contributed by atoms with van der Waals surface area (Å²) >= 11 is 18.0. The average Bonchev–Trinajstić information content (AvgIpc) is 2.69. The van der Waals surface area contributed by atoms with E-state index in [2.05, 4.69) is 0 Å². The van der Waals surface area contributed by atoms with Gasteiger partial charge < -0.3 is 9.64 Å². The molecule has 0 bridgehead atoms. The fourth-order valence-electron chi connectivity index (χ4n) is 3.88. The number of Topliss-reactive ketones (excluding diaryl/α,β-unsaturated/α-hetero) is 1. The Morgan fingerprint density at radius 2 is 1.80 bits per heavy atom. The molecule has 0 radical (unpaired) electrons. The Kier molecular flexibility index (Phi) is 5.38. The second-order valence-electron chi connectivity index (χ2n) is 7.36. The van der Waals surface area contributed by atoms with Crippen LogP contribution in [0.25, 0.3) is 0 Å². The van der Waals surface area contributed by atoms with Crippen molar-refractivity contribution in [3.63, 3.8) is 0 Å². The zero-order valence-electron chi connectivity index (χ0n) is 15.5. The van der Waals surface area contributed by atoms with Crippen molar-refractivity contribution in [3.05, 3.63) is 66.6 Å². The Labute approximate surface area is 186 Å². The fourth-order valence-corrected chi connectivity index (χ4v) is 4.59. The molecule has 2 heterocycles. The minimum atomic E-state index is -0.746. The summed E-state index contributed by atoms with van der Waals surface area (Å²) in [5.41, 5.74) is -0.512. The van der Waals surface area contributed by atoms with Crippen LogP contribution in [0.4, 0.5) is 5.69 Å². The van der Waals surface area contributed by atoms with Gasteiger partial charge in [-0.1, -0.05) is 34.8 Å². The fraction of sp³-hybridized carbons (Fsp3) is 0.300. The van der Waals surface area contributed by atoms with E-state index in [0.29, 0.717) is 42.3 Å². The summed E-state index contributed by atoms with van der Waals surface area (Å²) in [5, 5.41) is 11.7. The number of hydrogen-bond donors (Lipinski definition) is 0. The first kappa shape index (κ1) is 20.9. The van der Waals surface area contributed by atoms with E-state index in [0.717, 1.165) is 0 Å². The lowest BCUT2D eigenvalue weighted by atomic mass is 9.82. The summed E-state index contributed by atoms with van der Waals surface area (Å²) in [6, 6.07) is 7.05. The molecule has 2 aliphatic rings. The van der Waals surface area contributed by atoms with Gasteiger partial charge in [-0.15, -0.1) is 0 Å². The zero-order valence-corrected chi connectivity index (χ0v) is 17.8. The third kappa shape index (κ3) is 3.73. The number of fused-ring (bicyclic) bond motifs is 1. The summed E-state index contributed by atoms with van der Waals surface area (Å²) < 4.78 is 6.16. The third-order valence-electron chi connectivity index (χ3n) is 5.46. The van der Waals surface area contributed by atoms with Gasteiger partial charge in [-0.3, -0.25) is 19.7 Å². The Bertz CT molecular complexity index is 1080. The van der Waals surface area contributed by atoms with E-state index >= 15 is 0 Å². The number of carbonyl (C=O) groups excluding carboxylic acids is 2. The molecule has 1 fully saturated rings. The molecule has 0 aliphatic carbocycles. The van der Waals surface area contributed by atoms with Gasteiger partial charge in [-0.05, 0) is 24.3 Å². The summed E-state index contributed by atoms with van der Waals surface area (Å²) in [5.74, 6) is -0.115. The first-order valence-corrected chi connectivity index (χ1v) is 10.3. The van der Waals surface area contributed by atoms with Crippen LogP contribution in [0.2, 0.25) is 15.1 Å². The number of likely N-dealkylation sites (tertiary alicyclic amines) is 1. The largest absolute Gasteiger partial charge is 0.484 e. The number of benzene rings is 2. The molecule has 1 amide bonds. The third-order valence-corrected chi connectivity index (χ3v) is 6.28. The molecule has 156 valence electrons. The lowest BCUT2D eigenvalue weighted by molar-refractivity contribution is -0.384. The maximum atomic E-state index is 12.8. The first-order chi connectivity index (χ1) is 14.2. The number of amides is 1. The van der Waals surface area contributed by atoms with E-state index in [4.69, 9.17) is 39.5 Å². The normalized spacial score (nSPS) is 17.4. The lowest BCUT2D eigenvalue weighted by Gasteiger charge is -2.44. The van der Waals surface area contributed by atoms with Crippen LogP contribution < -0.4 is 4.74 Å². The number of hydrogen-bond acceptors (Lipinski definition) is 5. The highest BCUT2D eigenvalue weighted by Crippen LogP contribution is 2.44. The van der Waals surface area contributed by atoms with Crippen LogP contribution in [-0.2, 0) is 0 Å². The minimum Gasteiger partial charge on any atom is -0.484 e. The number of nitro benzene ring substituents is 1. The summed E-state index contributed by atoms with van der Waals surface area (Å²) in [6.45, 7) is 0.673. The van der Waals surface area contributed by atoms with Gasteiger partial charge in [0.2, 0.25) is 0 Å². The van der Waals surface area contributed by atoms with Crippen LogP contribution in [0, 0.1) is 10.1 Å². The van der Waals surface area contributed by atoms with Gasteiger partial charge in [-0.2, -0.15) is 0 Å². The SMILES string of the molecule is O=C1CC2(CCN(C(=O)c3ccc(Cl)c([N+](=O)[O-])c3)CC2)Oc2c(Cl)cc(Cl)cc21. The van der Waals surface area contributed by atoms with Crippen LogP contribution in [0.15, 0.2) is 30.3 Å². The molecule has 1 saturated heterocycles. The Hall–Kier alpha value is -2.35. The molecule has 10 heteroatoms. The molecule has 30 heavy (non-hydrogen) atoms.